The fourth-order valence-corrected chi connectivity index (χ4v) is 1.56. The normalized spacial score (nSPS) is 12.1. The van der Waals surface area contributed by atoms with Crippen LogP contribution < -0.4 is 0 Å². The summed E-state index contributed by atoms with van der Waals surface area (Å²) in [4.78, 5) is 27.9. The number of aromatic nitrogens is 3. The second-order valence-corrected chi connectivity index (χ2v) is 4.08. The van der Waals surface area contributed by atoms with Gasteiger partial charge in [0, 0.05) is 12.5 Å². The molecule has 0 aliphatic rings. The molecule has 18 heavy (non-hydrogen) atoms. The van der Waals surface area contributed by atoms with Crippen molar-refractivity contribution in [2.24, 2.45) is 0 Å². The molecule has 0 aliphatic carbocycles. The zero-order valence-electron chi connectivity index (χ0n) is 10.6. The van der Waals surface area contributed by atoms with Crippen LogP contribution in [0.1, 0.15) is 26.7 Å². The lowest BCUT2D eigenvalue weighted by Gasteiger charge is -2.26. The molecule has 7 nitrogen and oxygen atoms in total. The number of rotatable bonds is 7. The average molecular weight is 254 g/mol. The SMILES string of the molecule is CCC(C)N(CC(=O)O)C(=O)CCn1cncn1. The molecule has 0 aromatic carbocycles. The summed E-state index contributed by atoms with van der Waals surface area (Å²) in [5, 5.41) is 12.7. The lowest BCUT2D eigenvalue weighted by molar-refractivity contribution is -0.146. The summed E-state index contributed by atoms with van der Waals surface area (Å²) in [6, 6.07) is -0.0793. The molecule has 0 saturated carbocycles. The first-order valence-electron chi connectivity index (χ1n) is 5.88. The number of carboxylic acids is 1. The fourth-order valence-electron chi connectivity index (χ4n) is 1.56. The van der Waals surface area contributed by atoms with Crippen molar-refractivity contribution in [1.29, 1.82) is 0 Å². The molecule has 1 heterocycles. The van der Waals surface area contributed by atoms with E-state index in [1.807, 2.05) is 13.8 Å². The Hall–Kier alpha value is -1.92. The standard InChI is InChI=1S/C11H18N4O3/c1-3-9(2)15(6-11(17)18)10(16)4-5-14-8-12-7-13-14/h7-9H,3-6H2,1-2H3,(H,17,18). The summed E-state index contributed by atoms with van der Waals surface area (Å²) in [5.74, 6) is -1.17. The van der Waals surface area contributed by atoms with Crippen molar-refractivity contribution >= 4 is 11.9 Å². The van der Waals surface area contributed by atoms with Crippen LogP contribution in [0.4, 0.5) is 0 Å². The highest BCUT2D eigenvalue weighted by atomic mass is 16.4. The predicted molar refractivity (Wildman–Crippen MR) is 63.7 cm³/mol. The van der Waals surface area contributed by atoms with Gasteiger partial charge in [-0.3, -0.25) is 14.3 Å². The molecule has 100 valence electrons. The highest BCUT2D eigenvalue weighted by Gasteiger charge is 2.21. The van der Waals surface area contributed by atoms with E-state index < -0.39 is 5.97 Å². The third-order valence-electron chi connectivity index (χ3n) is 2.77. The van der Waals surface area contributed by atoms with Crippen LogP contribution >= 0.6 is 0 Å². The molecular weight excluding hydrogens is 236 g/mol. The van der Waals surface area contributed by atoms with Crippen molar-refractivity contribution in [1.82, 2.24) is 19.7 Å². The van der Waals surface area contributed by atoms with Gasteiger partial charge in [-0.15, -0.1) is 0 Å². The number of carbonyl (C=O) groups is 2. The van der Waals surface area contributed by atoms with Crippen LogP contribution in [0, 0.1) is 0 Å². The summed E-state index contributed by atoms with van der Waals surface area (Å²) < 4.78 is 1.55. The van der Waals surface area contributed by atoms with Gasteiger partial charge in [-0.2, -0.15) is 5.10 Å². The van der Waals surface area contributed by atoms with E-state index in [1.54, 1.807) is 4.68 Å². The molecule has 1 rings (SSSR count). The Labute approximate surface area is 105 Å². The number of amides is 1. The Morgan fingerprint density at radius 3 is 2.72 bits per heavy atom. The van der Waals surface area contributed by atoms with Gasteiger partial charge in [0.1, 0.15) is 19.2 Å². The molecule has 0 aliphatic heterocycles. The van der Waals surface area contributed by atoms with Gasteiger partial charge in [-0.1, -0.05) is 6.92 Å². The van der Waals surface area contributed by atoms with Gasteiger partial charge in [-0.25, -0.2) is 4.98 Å². The molecule has 1 aromatic heterocycles. The number of carboxylic acid groups (broad SMARTS) is 1. The number of hydrogen-bond acceptors (Lipinski definition) is 4. The Kier molecular flexibility index (Phi) is 5.29. The van der Waals surface area contributed by atoms with Crippen LogP contribution in [0.3, 0.4) is 0 Å². The van der Waals surface area contributed by atoms with Crippen molar-refractivity contribution in [3.05, 3.63) is 12.7 Å². The third-order valence-corrected chi connectivity index (χ3v) is 2.77. The van der Waals surface area contributed by atoms with Gasteiger partial charge in [0.25, 0.3) is 0 Å². The molecule has 0 bridgehead atoms. The Morgan fingerprint density at radius 1 is 1.50 bits per heavy atom. The molecule has 1 unspecified atom stereocenters. The van der Waals surface area contributed by atoms with E-state index in [1.165, 1.54) is 17.6 Å². The summed E-state index contributed by atoms with van der Waals surface area (Å²) in [6.45, 7) is 3.91. The second-order valence-electron chi connectivity index (χ2n) is 4.08. The molecule has 7 heteroatoms. The van der Waals surface area contributed by atoms with Crippen LogP contribution in [0.25, 0.3) is 0 Å². The van der Waals surface area contributed by atoms with Crippen LogP contribution in [0.5, 0.6) is 0 Å². The molecule has 0 saturated heterocycles. The Morgan fingerprint density at radius 2 is 2.22 bits per heavy atom. The maximum atomic E-state index is 12.0. The molecular formula is C11H18N4O3. The Bertz CT molecular complexity index is 391. The monoisotopic (exact) mass is 254 g/mol. The summed E-state index contributed by atoms with van der Waals surface area (Å²) in [7, 11) is 0. The summed E-state index contributed by atoms with van der Waals surface area (Å²) >= 11 is 0. The van der Waals surface area contributed by atoms with Crippen LogP contribution in [-0.2, 0) is 16.1 Å². The highest BCUT2D eigenvalue weighted by Crippen LogP contribution is 2.06. The van der Waals surface area contributed by atoms with E-state index in [-0.39, 0.29) is 24.9 Å². The van der Waals surface area contributed by atoms with Gasteiger partial charge in [0.15, 0.2) is 0 Å². The van der Waals surface area contributed by atoms with Crippen molar-refractivity contribution in [3.8, 4) is 0 Å². The molecule has 0 radical (unpaired) electrons. The molecule has 1 amide bonds. The summed E-state index contributed by atoms with van der Waals surface area (Å²) in [6.07, 6.45) is 3.87. The zero-order valence-corrected chi connectivity index (χ0v) is 10.6. The van der Waals surface area contributed by atoms with Gasteiger partial charge in [0.05, 0.1) is 6.54 Å². The van der Waals surface area contributed by atoms with Crippen molar-refractivity contribution in [3.63, 3.8) is 0 Å². The first-order chi connectivity index (χ1) is 8.54. The number of hydrogen-bond donors (Lipinski definition) is 1. The van der Waals surface area contributed by atoms with E-state index in [4.69, 9.17) is 5.11 Å². The molecule has 0 spiro atoms. The van der Waals surface area contributed by atoms with Gasteiger partial charge in [0.2, 0.25) is 5.91 Å². The maximum Gasteiger partial charge on any atom is 0.323 e. The van der Waals surface area contributed by atoms with E-state index in [0.717, 1.165) is 6.42 Å². The molecule has 1 atom stereocenters. The first-order valence-corrected chi connectivity index (χ1v) is 5.88. The van der Waals surface area contributed by atoms with Gasteiger partial charge < -0.3 is 10.0 Å². The number of aliphatic carboxylic acids is 1. The maximum absolute atomic E-state index is 12.0. The largest absolute Gasteiger partial charge is 0.480 e. The van der Waals surface area contributed by atoms with E-state index >= 15 is 0 Å². The molecule has 1 aromatic rings. The Balaban J connectivity index is 2.55. The number of nitrogens with zero attached hydrogens (tertiary/aromatic N) is 4. The number of carbonyl (C=O) groups excluding carboxylic acids is 1. The van der Waals surface area contributed by atoms with Crippen LogP contribution in [0.15, 0.2) is 12.7 Å². The topological polar surface area (TPSA) is 88.3 Å². The van der Waals surface area contributed by atoms with Crippen molar-refractivity contribution < 1.29 is 14.7 Å². The van der Waals surface area contributed by atoms with Crippen LogP contribution in [0.2, 0.25) is 0 Å². The van der Waals surface area contributed by atoms with Crippen molar-refractivity contribution in [2.75, 3.05) is 6.54 Å². The lowest BCUT2D eigenvalue weighted by atomic mass is 10.2. The van der Waals surface area contributed by atoms with E-state index in [2.05, 4.69) is 10.1 Å². The van der Waals surface area contributed by atoms with E-state index in [9.17, 15) is 9.59 Å². The minimum atomic E-state index is -0.996. The van der Waals surface area contributed by atoms with Gasteiger partial charge in [-0.05, 0) is 13.3 Å². The van der Waals surface area contributed by atoms with Crippen LogP contribution in [-0.4, -0.2) is 49.2 Å². The second kappa shape index (κ2) is 6.73. The lowest BCUT2D eigenvalue weighted by Crippen LogP contribution is -2.42. The van der Waals surface area contributed by atoms with Gasteiger partial charge >= 0.3 is 5.97 Å². The number of aryl methyl sites for hydroxylation is 1. The average Bonchev–Trinajstić information content (AvgIpc) is 2.85. The summed E-state index contributed by atoms with van der Waals surface area (Å²) in [5.41, 5.74) is 0. The fraction of sp³-hybridized carbons (Fsp3) is 0.636. The minimum Gasteiger partial charge on any atom is -0.480 e. The van der Waals surface area contributed by atoms with Crippen molar-refractivity contribution in [2.45, 2.75) is 39.3 Å². The third kappa shape index (κ3) is 4.15. The first kappa shape index (κ1) is 14.1. The smallest absolute Gasteiger partial charge is 0.323 e. The van der Waals surface area contributed by atoms with E-state index in [0.29, 0.717) is 6.54 Å². The highest BCUT2D eigenvalue weighted by molar-refractivity contribution is 5.81. The minimum absolute atomic E-state index is 0.0793. The molecule has 0 fully saturated rings. The quantitative estimate of drug-likeness (QED) is 0.760. The predicted octanol–water partition coefficient (Wildman–Crippen LogP) is 0.380. The zero-order chi connectivity index (χ0) is 13.5. The molecule has 1 N–H and O–H groups in total.